The summed E-state index contributed by atoms with van der Waals surface area (Å²) in [7, 11) is 0. The second-order valence-corrected chi connectivity index (χ2v) is 4.58. The summed E-state index contributed by atoms with van der Waals surface area (Å²) in [6.07, 6.45) is 0.731. The van der Waals surface area contributed by atoms with Crippen molar-refractivity contribution >= 4 is 23.1 Å². The minimum atomic E-state index is -0.566. The summed E-state index contributed by atoms with van der Waals surface area (Å²) < 4.78 is 0. The number of nitrogens with two attached hydrogens (primary N) is 1. The van der Waals surface area contributed by atoms with Gasteiger partial charge in [-0.05, 0) is 29.0 Å². The monoisotopic (exact) mass is 272 g/mol. The van der Waals surface area contributed by atoms with Crippen LogP contribution in [0.5, 0.6) is 0 Å². The first-order valence-corrected chi connectivity index (χ1v) is 6.10. The standard InChI is InChI=1S/C13H12N4O3/c14-9-3-1-2-8-6-7-16(12(8)9)13(18)10-4-5-11(15-10)17(19)20/h1-5,15H,6-7,14H2. The van der Waals surface area contributed by atoms with E-state index >= 15 is 0 Å². The fourth-order valence-corrected chi connectivity index (χ4v) is 2.45. The molecule has 0 radical (unpaired) electrons. The molecule has 2 heterocycles. The van der Waals surface area contributed by atoms with Crippen molar-refractivity contribution in [1.29, 1.82) is 0 Å². The average Bonchev–Trinajstić information content (AvgIpc) is 3.05. The summed E-state index contributed by atoms with van der Waals surface area (Å²) in [5.74, 6) is -0.511. The zero-order valence-corrected chi connectivity index (χ0v) is 10.5. The van der Waals surface area contributed by atoms with Crippen LogP contribution in [0.15, 0.2) is 30.3 Å². The number of anilines is 2. The molecule has 20 heavy (non-hydrogen) atoms. The summed E-state index contributed by atoms with van der Waals surface area (Å²) in [5.41, 5.74) is 8.36. The fourth-order valence-electron chi connectivity index (χ4n) is 2.45. The molecule has 2 aromatic rings. The lowest BCUT2D eigenvalue weighted by Crippen LogP contribution is -2.29. The van der Waals surface area contributed by atoms with Crippen molar-refractivity contribution in [2.24, 2.45) is 0 Å². The lowest BCUT2D eigenvalue weighted by Gasteiger charge is -2.17. The highest BCUT2D eigenvalue weighted by Gasteiger charge is 2.29. The van der Waals surface area contributed by atoms with Crippen LogP contribution in [-0.4, -0.2) is 22.4 Å². The van der Waals surface area contributed by atoms with Crippen LogP contribution in [0.2, 0.25) is 0 Å². The molecule has 0 bridgehead atoms. The second-order valence-electron chi connectivity index (χ2n) is 4.58. The van der Waals surface area contributed by atoms with Gasteiger partial charge in [0.1, 0.15) is 0 Å². The summed E-state index contributed by atoms with van der Waals surface area (Å²) >= 11 is 0. The maximum absolute atomic E-state index is 12.4. The number of aromatic amines is 1. The van der Waals surface area contributed by atoms with Gasteiger partial charge in [-0.3, -0.25) is 4.79 Å². The van der Waals surface area contributed by atoms with Crippen LogP contribution in [0.3, 0.4) is 0 Å². The van der Waals surface area contributed by atoms with E-state index in [0.717, 1.165) is 12.0 Å². The van der Waals surface area contributed by atoms with Crippen LogP contribution in [0, 0.1) is 10.1 Å². The van der Waals surface area contributed by atoms with Crippen molar-refractivity contribution in [1.82, 2.24) is 4.98 Å². The Balaban J connectivity index is 1.95. The van der Waals surface area contributed by atoms with Crippen molar-refractivity contribution in [3.05, 3.63) is 51.7 Å². The molecular weight excluding hydrogens is 260 g/mol. The molecule has 0 aliphatic carbocycles. The number of hydrogen-bond acceptors (Lipinski definition) is 4. The first kappa shape index (κ1) is 12.2. The number of fused-ring (bicyclic) bond motifs is 1. The number of para-hydroxylation sites is 1. The van der Waals surface area contributed by atoms with E-state index in [-0.39, 0.29) is 17.4 Å². The van der Waals surface area contributed by atoms with Gasteiger partial charge in [0.2, 0.25) is 0 Å². The third-order valence-electron chi connectivity index (χ3n) is 3.37. The molecular formula is C13H12N4O3. The van der Waals surface area contributed by atoms with Crippen LogP contribution in [0.4, 0.5) is 17.2 Å². The number of rotatable bonds is 2. The van der Waals surface area contributed by atoms with E-state index in [1.54, 1.807) is 11.0 Å². The van der Waals surface area contributed by atoms with Crippen molar-refractivity contribution in [3.63, 3.8) is 0 Å². The number of nitrogens with zero attached hydrogens (tertiary/aromatic N) is 2. The smallest absolute Gasteiger partial charge is 0.321 e. The Labute approximate surface area is 114 Å². The lowest BCUT2D eigenvalue weighted by atomic mass is 10.1. The Hall–Kier alpha value is -2.83. The van der Waals surface area contributed by atoms with Gasteiger partial charge in [0.25, 0.3) is 5.91 Å². The predicted octanol–water partition coefficient (Wildman–Crippen LogP) is 1.71. The van der Waals surface area contributed by atoms with Crippen molar-refractivity contribution < 1.29 is 9.72 Å². The molecule has 1 aromatic heterocycles. The highest BCUT2D eigenvalue weighted by molar-refractivity contribution is 6.08. The molecule has 0 fully saturated rings. The van der Waals surface area contributed by atoms with Gasteiger partial charge in [-0.1, -0.05) is 12.1 Å². The molecule has 0 unspecified atom stereocenters. The molecule has 1 aliphatic rings. The molecule has 7 heteroatoms. The third kappa shape index (κ3) is 1.80. The van der Waals surface area contributed by atoms with Crippen molar-refractivity contribution in [3.8, 4) is 0 Å². The largest absolute Gasteiger partial charge is 0.397 e. The van der Waals surface area contributed by atoms with Gasteiger partial charge >= 0.3 is 5.82 Å². The first-order chi connectivity index (χ1) is 9.58. The van der Waals surface area contributed by atoms with Crippen LogP contribution >= 0.6 is 0 Å². The summed E-state index contributed by atoms with van der Waals surface area (Å²) in [6.45, 7) is 0.523. The maximum Gasteiger partial charge on any atom is 0.321 e. The zero-order valence-electron chi connectivity index (χ0n) is 10.5. The van der Waals surface area contributed by atoms with Crippen molar-refractivity contribution in [2.45, 2.75) is 6.42 Å². The Bertz CT molecular complexity index is 707. The zero-order chi connectivity index (χ0) is 14.3. The van der Waals surface area contributed by atoms with E-state index in [4.69, 9.17) is 5.73 Å². The number of H-pyrrole nitrogens is 1. The van der Waals surface area contributed by atoms with E-state index in [1.807, 2.05) is 12.1 Å². The minimum Gasteiger partial charge on any atom is -0.397 e. The van der Waals surface area contributed by atoms with Gasteiger partial charge < -0.3 is 20.7 Å². The molecule has 0 spiro atoms. The Kier molecular flexibility index (Phi) is 2.67. The SMILES string of the molecule is Nc1cccc2c1N(C(=O)c1ccc([N+](=O)[O-])[nH]1)CC2. The van der Waals surface area contributed by atoms with Gasteiger partial charge in [-0.2, -0.15) is 0 Å². The number of nitro groups is 1. The molecule has 3 N–H and O–H groups in total. The summed E-state index contributed by atoms with van der Waals surface area (Å²) in [5, 5.41) is 10.6. The molecule has 102 valence electrons. The predicted molar refractivity (Wildman–Crippen MR) is 73.7 cm³/mol. The van der Waals surface area contributed by atoms with E-state index in [9.17, 15) is 14.9 Å². The second kappa shape index (κ2) is 4.37. The van der Waals surface area contributed by atoms with Gasteiger partial charge in [0, 0.05) is 12.6 Å². The van der Waals surface area contributed by atoms with E-state index < -0.39 is 4.92 Å². The van der Waals surface area contributed by atoms with Crippen LogP contribution in [0.1, 0.15) is 16.1 Å². The minimum absolute atomic E-state index is 0.188. The third-order valence-corrected chi connectivity index (χ3v) is 3.37. The van der Waals surface area contributed by atoms with E-state index in [1.165, 1.54) is 12.1 Å². The molecule has 1 aromatic carbocycles. The molecule has 3 rings (SSSR count). The van der Waals surface area contributed by atoms with Crippen LogP contribution in [0.25, 0.3) is 0 Å². The number of amides is 1. The van der Waals surface area contributed by atoms with Gasteiger partial charge in [-0.15, -0.1) is 0 Å². The van der Waals surface area contributed by atoms with Gasteiger partial charge in [0.15, 0.2) is 5.69 Å². The molecule has 0 atom stereocenters. The topological polar surface area (TPSA) is 105 Å². The van der Waals surface area contributed by atoms with Crippen LogP contribution in [-0.2, 0) is 6.42 Å². The number of nitrogen functional groups attached to an aromatic ring is 1. The molecule has 7 nitrogen and oxygen atoms in total. The highest BCUT2D eigenvalue weighted by atomic mass is 16.6. The van der Waals surface area contributed by atoms with Gasteiger partial charge in [-0.25, -0.2) is 4.98 Å². The van der Waals surface area contributed by atoms with E-state index in [0.29, 0.717) is 17.9 Å². The summed E-state index contributed by atoms with van der Waals surface area (Å²) in [4.78, 5) is 26.6. The number of carbonyl (C=O) groups is 1. The normalized spacial score (nSPS) is 13.3. The Morgan fingerprint density at radius 1 is 1.35 bits per heavy atom. The van der Waals surface area contributed by atoms with E-state index in [2.05, 4.69) is 4.98 Å². The quantitative estimate of drug-likeness (QED) is 0.493. The number of hydrogen-bond donors (Lipinski definition) is 2. The average molecular weight is 272 g/mol. The van der Waals surface area contributed by atoms with Crippen LogP contribution < -0.4 is 10.6 Å². The fraction of sp³-hybridized carbons (Fsp3) is 0.154. The number of benzene rings is 1. The summed E-state index contributed by atoms with van der Waals surface area (Å²) in [6, 6.07) is 8.20. The maximum atomic E-state index is 12.4. The molecule has 0 saturated carbocycles. The molecule has 1 aliphatic heterocycles. The Morgan fingerprint density at radius 2 is 2.15 bits per heavy atom. The number of nitrogens with one attached hydrogen (secondary N) is 1. The number of carbonyl (C=O) groups excluding carboxylic acids is 1. The highest BCUT2D eigenvalue weighted by Crippen LogP contribution is 2.34. The Morgan fingerprint density at radius 3 is 2.85 bits per heavy atom. The van der Waals surface area contributed by atoms with Gasteiger partial charge in [0.05, 0.1) is 11.4 Å². The first-order valence-electron chi connectivity index (χ1n) is 6.10. The number of aromatic nitrogens is 1. The lowest BCUT2D eigenvalue weighted by molar-refractivity contribution is -0.389. The molecule has 0 saturated heterocycles. The van der Waals surface area contributed by atoms with Crippen molar-refractivity contribution in [2.75, 3.05) is 17.2 Å². The molecule has 1 amide bonds.